The van der Waals surface area contributed by atoms with Gasteiger partial charge in [-0.3, -0.25) is 5.10 Å². The molecule has 2 rings (SSSR count). The van der Waals surface area contributed by atoms with Crippen LogP contribution in [0.5, 0.6) is 0 Å². The van der Waals surface area contributed by atoms with E-state index in [1.54, 1.807) is 6.20 Å². The van der Waals surface area contributed by atoms with Crippen molar-refractivity contribution in [2.45, 2.75) is 64.1 Å². The molecule has 120 valence electrons. The molecular weight excluding hydrogens is 288 g/mol. The molecule has 21 heavy (non-hydrogen) atoms. The molecule has 0 spiro atoms. The van der Waals surface area contributed by atoms with E-state index in [9.17, 15) is 8.42 Å². The molecule has 1 aliphatic rings. The van der Waals surface area contributed by atoms with Gasteiger partial charge in [-0.2, -0.15) is 5.10 Å². The fourth-order valence-corrected chi connectivity index (χ4v) is 4.27. The zero-order valence-corrected chi connectivity index (χ0v) is 13.9. The number of hydrogen-bond acceptors (Lipinski definition) is 4. The monoisotopic (exact) mass is 314 g/mol. The van der Waals surface area contributed by atoms with Gasteiger partial charge in [0.1, 0.15) is 0 Å². The highest BCUT2D eigenvalue weighted by molar-refractivity contribution is 7.89. The molecule has 0 aromatic carbocycles. The van der Waals surface area contributed by atoms with Gasteiger partial charge in [0.25, 0.3) is 10.0 Å². The lowest BCUT2D eigenvalue weighted by atomic mass is 9.92. The lowest BCUT2D eigenvalue weighted by Crippen LogP contribution is -2.34. The third-order valence-electron chi connectivity index (χ3n) is 3.98. The predicted molar refractivity (Wildman–Crippen MR) is 82.3 cm³/mol. The van der Waals surface area contributed by atoms with Crippen LogP contribution >= 0.6 is 0 Å². The number of rotatable bonds is 7. The number of nitrogens with zero attached hydrogens (tertiary/aromatic N) is 1. The number of aromatic amines is 1. The van der Waals surface area contributed by atoms with Gasteiger partial charge >= 0.3 is 0 Å². The third kappa shape index (κ3) is 4.28. The molecule has 7 heteroatoms. The maximum atomic E-state index is 12.5. The molecule has 1 atom stereocenters. The van der Waals surface area contributed by atoms with Gasteiger partial charge in [-0.15, -0.1) is 0 Å². The van der Waals surface area contributed by atoms with E-state index in [1.807, 2.05) is 0 Å². The number of aromatic nitrogens is 2. The fourth-order valence-electron chi connectivity index (χ4n) is 2.87. The smallest absolute Gasteiger partial charge is 0.258 e. The highest BCUT2D eigenvalue weighted by atomic mass is 32.2. The number of H-pyrrole nitrogens is 1. The summed E-state index contributed by atoms with van der Waals surface area (Å²) >= 11 is 0. The van der Waals surface area contributed by atoms with Gasteiger partial charge in [0, 0.05) is 18.2 Å². The van der Waals surface area contributed by atoms with Crippen LogP contribution in [0.3, 0.4) is 0 Å². The first kappa shape index (κ1) is 16.5. The van der Waals surface area contributed by atoms with Crippen molar-refractivity contribution in [3.05, 3.63) is 11.8 Å². The molecule has 1 aliphatic carbocycles. The SMILES string of the molecule is CCCNCc1cn[nH]c1S(=O)(=O)NC1CCC(C)(C)C1. The topological polar surface area (TPSA) is 86.9 Å². The van der Waals surface area contributed by atoms with Crippen molar-refractivity contribution in [2.24, 2.45) is 5.41 Å². The molecule has 0 aliphatic heterocycles. The third-order valence-corrected chi connectivity index (χ3v) is 5.51. The maximum absolute atomic E-state index is 12.5. The molecule has 0 saturated heterocycles. The molecular formula is C14H26N4O2S. The van der Waals surface area contributed by atoms with Gasteiger partial charge in [0.05, 0.1) is 6.20 Å². The summed E-state index contributed by atoms with van der Waals surface area (Å²) in [5, 5.41) is 9.91. The quantitative estimate of drug-likeness (QED) is 0.669. The first-order valence-electron chi connectivity index (χ1n) is 7.59. The Morgan fingerprint density at radius 3 is 2.86 bits per heavy atom. The lowest BCUT2D eigenvalue weighted by Gasteiger charge is -2.17. The summed E-state index contributed by atoms with van der Waals surface area (Å²) < 4.78 is 27.8. The second kappa shape index (κ2) is 6.46. The molecule has 6 nitrogen and oxygen atoms in total. The molecule has 0 bridgehead atoms. The van der Waals surface area contributed by atoms with Crippen molar-refractivity contribution in [3.63, 3.8) is 0 Å². The Balaban J connectivity index is 2.04. The van der Waals surface area contributed by atoms with Crippen LogP contribution in [0.4, 0.5) is 0 Å². The normalized spacial score (nSPS) is 21.8. The van der Waals surface area contributed by atoms with E-state index in [-0.39, 0.29) is 16.5 Å². The van der Waals surface area contributed by atoms with Crippen molar-refractivity contribution in [1.29, 1.82) is 0 Å². The van der Waals surface area contributed by atoms with Crippen molar-refractivity contribution < 1.29 is 8.42 Å². The van der Waals surface area contributed by atoms with Gasteiger partial charge in [0.2, 0.25) is 0 Å². The van der Waals surface area contributed by atoms with Crippen LogP contribution in [-0.4, -0.2) is 31.2 Å². The summed E-state index contributed by atoms with van der Waals surface area (Å²) in [5.41, 5.74) is 0.903. The summed E-state index contributed by atoms with van der Waals surface area (Å²) in [6.45, 7) is 7.80. The van der Waals surface area contributed by atoms with Crippen molar-refractivity contribution in [1.82, 2.24) is 20.2 Å². The average molecular weight is 314 g/mol. The lowest BCUT2D eigenvalue weighted by molar-refractivity contribution is 0.372. The number of sulfonamides is 1. The van der Waals surface area contributed by atoms with Gasteiger partial charge in [-0.1, -0.05) is 20.8 Å². The Labute approximate surface area is 127 Å². The second-order valence-corrected chi connectivity index (χ2v) is 8.28. The second-order valence-electron chi connectivity index (χ2n) is 6.63. The standard InChI is InChI=1S/C14H26N4O2S/c1-4-7-15-9-11-10-16-17-13(11)21(19,20)18-12-5-6-14(2,3)8-12/h10,12,15,18H,4-9H2,1-3H3,(H,16,17). The molecule has 0 amide bonds. The minimum atomic E-state index is -3.53. The largest absolute Gasteiger partial charge is 0.313 e. The minimum Gasteiger partial charge on any atom is -0.313 e. The van der Waals surface area contributed by atoms with E-state index in [1.165, 1.54) is 0 Å². The van der Waals surface area contributed by atoms with Crippen molar-refractivity contribution in [3.8, 4) is 0 Å². The summed E-state index contributed by atoms with van der Waals surface area (Å²) in [5.74, 6) is 0. The highest BCUT2D eigenvalue weighted by Crippen LogP contribution is 2.37. The molecule has 1 aromatic rings. The minimum absolute atomic E-state index is 0.0183. The average Bonchev–Trinajstić information content (AvgIpc) is 2.96. The van der Waals surface area contributed by atoms with Crippen LogP contribution in [0, 0.1) is 5.41 Å². The number of nitrogens with one attached hydrogen (secondary N) is 3. The van der Waals surface area contributed by atoms with E-state index in [4.69, 9.17) is 0 Å². The first-order valence-corrected chi connectivity index (χ1v) is 9.08. The molecule has 1 aromatic heterocycles. The van der Waals surface area contributed by atoms with Gasteiger partial charge in [-0.25, -0.2) is 13.1 Å². The molecule has 3 N–H and O–H groups in total. The van der Waals surface area contributed by atoms with Crippen LogP contribution in [0.15, 0.2) is 11.2 Å². The molecule has 1 saturated carbocycles. The van der Waals surface area contributed by atoms with E-state index in [2.05, 4.69) is 41.0 Å². The predicted octanol–water partition coefficient (Wildman–Crippen LogP) is 1.77. The van der Waals surface area contributed by atoms with Crippen LogP contribution in [0.1, 0.15) is 52.0 Å². The first-order chi connectivity index (χ1) is 9.84. The Hall–Kier alpha value is -0.920. The van der Waals surface area contributed by atoms with Crippen molar-refractivity contribution >= 4 is 10.0 Å². The zero-order valence-electron chi connectivity index (χ0n) is 13.1. The van der Waals surface area contributed by atoms with Gasteiger partial charge < -0.3 is 5.32 Å². The van der Waals surface area contributed by atoms with E-state index < -0.39 is 10.0 Å². The number of hydrogen-bond donors (Lipinski definition) is 3. The van der Waals surface area contributed by atoms with Crippen LogP contribution in [0.25, 0.3) is 0 Å². The fraction of sp³-hybridized carbons (Fsp3) is 0.786. The highest BCUT2D eigenvalue weighted by Gasteiger charge is 2.34. The van der Waals surface area contributed by atoms with Crippen LogP contribution in [0.2, 0.25) is 0 Å². The van der Waals surface area contributed by atoms with Crippen molar-refractivity contribution in [2.75, 3.05) is 6.54 Å². The molecule has 0 radical (unpaired) electrons. The molecule has 1 heterocycles. The Kier molecular flexibility index (Phi) is 5.06. The van der Waals surface area contributed by atoms with Crippen LogP contribution < -0.4 is 10.0 Å². The summed E-state index contributed by atoms with van der Waals surface area (Å²) in [4.78, 5) is 0. The van der Waals surface area contributed by atoms with E-state index >= 15 is 0 Å². The Morgan fingerprint density at radius 2 is 2.24 bits per heavy atom. The Morgan fingerprint density at radius 1 is 1.48 bits per heavy atom. The summed E-state index contributed by atoms with van der Waals surface area (Å²) in [6, 6.07) is 0.0183. The summed E-state index contributed by atoms with van der Waals surface area (Å²) in [7, 11) is -3.53. The maximum Gasteiger partial charge on any atom is 0.258 e. The van der Waals surface area contributed by atoms with Gasteiger partial charge in [-0.05, 0) is 37.6 Å². The summed E-state index contributed by atoms with van der Waals surface area (Å²) in [6.07, 6.45) is 5.41. The Bertz CT molecular complexity index is 565. The van der Waals surface area contributed by atoms with E-state index in [0.717, 1.165) is 32.2 Å². The zero-order chi connectivity index (χ0) is 15.5. The molecule has 1 fully saturated rings. The van der Waals surface area contributed by atoms with Crippen LogP contribution in [-0.2, 0) is 16.6 Å². The van der Waals surface area contributed by atoms with Gasteiger partial charge in [0.15, 0.2) is 5.03 Å². The van der Waals surface area contributed by atoms with E-state index in [0.29, 0.717) is 12.1 Å². The molecule has 1 unspecified atom stereocenters.